The number of sulfonamides is 1. The van der Waals surface area contributed by atoms with Gasteiger partial charge in [-0.15, -0.1) is 0 Å². The van der Waals surface area contributed by atoms with Crippen LogP contribution in [0, 0.1) is 5.92 Å². The molecule has 2 aromatic rings. The average Bonchev–Trinajstić information content (AvgIpc) is 3.07. The van der Waals surface area contributed by atoms with E-state index >= 15 is 0 Å². The van der Waals surface area contributed by atoms with Crippen molar-refractivity contribution in [1.29, 1.82) is 0 Å². The summed E-state index contributed by atoms with van der Waals surface area (Å²) in [6.07, 6.45) is 2.23. The van der Waals surface area contributed by atoms with Gasteiger partial charge in [-0.3, -0.25) is 0 Å². The Kier molecular flexibility index (Phi) is 6.46. The number of aliphatic hydroxyl groups excluding tert-OH is 1. The predicted octanol–water partition coefficient (Wildman–Crippen LogP) is 3.53. The molecule has 0 saturated carbocycles. The van der Waals surface area contributed by atoms with Gasteiger partial charge in [0.05, 0.1) is 30.5 Å². The van der Waals surface area contributed by atoms with Gasteiger partial charge in [0.25, 0.3) is 0 Å². The highest BCUT2D eigenvalue weighted by atomic mass is 35.5. The van der Waals surface area contributed by atoms with Crippen molar-refractivity contribution in [3.63, 3.8) is 0 Å². The van der Waals surface area contributed by atoms with Crippen LogP contribution in [0.1, 0.15) is 26.0 Å². The van der Waals surface area contributed by atoms with Gasteiger partial charge in [-0.2, -0.15) is 4.31 Å². The summed E-state index contributed by atoms with van der Waals surface area (Å²) in [7, 11) is -3.89. The molecule has 0 radical (unpaired) electrons. The van der Waals surface area contributed by atoms with Crippen LogP contribution < -0.4 is 0 Å². The molecule has 1 aromatic heterocycles. The zero-order valence-electron chi connectivity index (χ0n) is 13.7. The highest BCUT2D eigenvalue weighted by Crippen LogP contribution is 2.29. The first-order chi connectivity index (χ1) is 11.4. The summed E-state index contributed by atoms with van der Waals surface area (Å²) < 4.78 is 33.0. The number of rotatable bonds is 8. The number of furan rings is 1. The molecule has 5 nitrogen and oxygen atoms in total. The second-order valence-electron chi connectivity index (χ2n) is 5.70. The van der Waals surface area contributed by atoms with Crippen molar-refractivity contribution in [3.8, 4) is 0 Å². The topological polar surface area (TPSA) is 70.8 Å². The van der Waals surface area contributed by atoms with Gasteiger partial charge in [0.15, 0.2) is 0 Å². The SMILES string of the molecule is CCC(C)C(CO)N(Cc1ccco1)S(=O)(=O)c1ccccc1Cl. The summed E-state index contributed by atoms with van der Waals surface area (Å²) in [6.45, 7) is 3.63. The quantitative estimate of drug-likeness (QED) is 0.770. The normalized spacial score (nSPS) is 14.7. The molecule has 2 unspecified atom stereocenters. The molecule has 0 amide bonds. The van der Waals surface area contributed by atoms with Crippen molar-refractivity contribution in [2.45, 2.75) is 37.8 Å². The van der Waals surface area contributed by atoms with E-state index in [1.54, 1.807) is 24.3 Å². The number of benzene rings is 1. The van der Waals surface area contributed by atoms with E-state index < -0.39 is 16.1 Å². The Hall–Kier alpha value is -1.34. The first-order valence-corrected chi connectivity index (χ1v) is 9.63. The molecule has 0 fully saturated rings. The third-order valence-corrected chi connectivity index (χ3v) is 6.54. The minimum Gasteiger partial charge on any atom is -0.468 e. The van der Waals surface area contributed by atoms with E-state index in [9.17, 15) is 13.5 Å². The van der Waals surface area contributed by atoms with Crippen LogP contribution in [-0.4, -0.2) is 30.5 Å². The maximum atomic E-state index is 13.2. The monoisotopic (exact) mass is 371 g/mol. The fourth-order valence-corrected chi connectivity index (χ4v) is 4.72. The standard InChI is InChI=1S/C17H22ClNO4S/c1-3-13(2)16(12-20)19(11-14-7-6-10-23-14)24(21,22)17-9-5-4-8-15(17)18/h4-10,13,16,20H,3,11-12H2,1-2H3. The van der Waals surface area contributed by atoms with Gasteiger partial charge in [0.2, 0.25) is 10.0 Å². The summed E-state index contributed by atoms with van der Waals surface area (Å²) in [4.78, 5) is 0.0278. The maximum Gasteiger partial charge on any atom is 0.245 e. The molecule has 0 aliphatic heterocycles. The van der Waals surface area contributed by atoms with Crippen LogP contribution in [-0.2, 0) is 16.6 Å². The number of nitrogens with zero attached hydrogens (tertiary/aromatic N) is 1. The molecular formula is C17H22ClNO4S. The molecule has 2 rings (SSSR count). The Morgan fingerprint density at radius 2 is 1.96 bits per heavy atom. The molecule has 0 bridgehead atoms. The van der Waals surface area contributed by atoms with E-state index in [0.717, 1.165) is 6.42 Å². The van der Waals surface area contributed by atoms with Crippen LogP contribution >= 0.6 is 11.6 Å². The zero-order valence-corrected chi connectivity index (χ0v) is 15.3. The van der Waals surface area contributed by atoms with Gasteiger partial charge in [-0.05, 0) is 30.2 Å². The van der Waals surface area contributed by atoms with E-state index in [0.29, 0.717) is 5.76 Å². The molecule has 0 saturated heterocycles. The fourth-order valence-electron chi connectivity index (χ4n) is 2.54. The van der Waals surface area contributed by atoms with Gasteiger partial charge in [-0.25, -0.2) is 8.42 Å². The number of halogens is 1. The molecule has 0 aliphatic rings. The minimum atomic E-state index is -3.89. The summed E-state index contributed by atoms with van der Waals surface area (Å²) >= 11 is 6.10. The summed E-state index contributed by atoms with van der Waals surface area (Å²) in [5.74, 6) is 0.481. The van der Waals surface area contributed by atoms with Crippen molar-refractivity contribution in [2.75, 3.05) is 6.61 Å². The Morgan fingerprint density at radius 1 is 1.25 bits per heavy atom. The summed E-state index contributed by atoms with van der Waals surface area (Å²) in [5, 5.41) is 9.99. The highest BCUT2D eigenvalue weighted by molar-refractivity contribution is 7.89. The van der Waals surface area contributed by atoms with E-state index in [4.69, 9.17) is 16.0 Å². The Labute approximate surface area is 147 Å². The second-order valence-corrected chi connectivity index (χ2v) is 7.96. The lowest BCUT2D eigenvalue weighted by molar-refractivity contribution is 0.135. The molecular weight excluding hydrogens is 350 g/mol. The van der Waals surface area contributed by atoms with E-state index in [2.05, 4.69) is 0 Å². The van der Waals surface area contributed by atoms with Crippen molar-refractivity contribution in [3.05, 3.63) is 53.4 Å². The van der Waals surface area contributed by atoms with Gasteiger partial charge < -0.3 is 9.52 Å². The lowest BCUT2D eigenvalue weighted by Gasteiger charge is -2.33. The van der Waals surface area contributed by atoms with E-state index in [1.807, 2.05) is 13.8 Å². The molecule has 7 heteroatoms. The Balaban J connectivity index is 2.50. The third kappa shape index (κ3) is 4.00. The summed E-state index contributed by atoms with van der Waals surface area (Å²) in [5.41, 5.74) is 0. The molecule has 1 heterocycles. The van der Waals surface area contributed by atoms with Crippen molar-refractivity contribution in [2.24, 2.45) is 5.92 Å². The van der Waals surface area contributed by atoms with Gasteiger partial charge in [0.1, 0.15) is 10.7 Å². The number of aliphatic hydroxyl groups is 1. The predicted molar refractivity (Wildman–Crippen MR) is 93.2 cm³/mol. The molecule has 132 valence electrons. The third-order valence-electron chi connectivity index (χ3n) is 4.17. The largest absolute Gasteiger partial charge is 0.468 e. The minimum absolute atomic E-state index is 0.0257. The number of hydrogen-bond acceptors (Lipinski definition) is 4. The lowest BCUT2D eigenvalue weighted by Crippen LogP contribution is -2.45. The molecule has 24 heavy (non-hydrogen) atoms. The Bertz CT molecular complexity index is 746. The molecule has 1 N–H and O–H groups in total. The second kappa shape index (κ2) is 8.16. The molecule has 2 atom stereocenters. The highest BCUT2D eigenvalue weighted by Gasteiger charge is 2.35. The van der Waals surface area contributed by atoms with Crippen molar-refractivity contribution in [1.82, 2.24) is 4.31 Å². The van der Waals surface area contributed by atoms with Crippen LogP contribution in [0.2, 0.25) is 5.02 Å². The molecule has 0 aliphatic carbocycles. The van der Waals surface area contributed by atoms with Crippen LogP contribution in [0.4, 0.5) is 0 Å². The van der Waals surface area contributed by atoms with E-state index in [-0.39, 0.29) is 29.0 Å². The Morgan fingerprint density at radius 3 is 2.50 bits per heavy atom. The fraction of sp³-hybridized carbons (Fsp3) is 0.412. The smallest absolute Gasteiger partial charge is 0.245 e. The van der Waals surface area contributed by atoms with Crippen LogP contribution in [0.15, 0.2) is 52.0 Å². The molecule has 0 spiro atoms. The van der Waals surface area contributed by atoms with Gasteiger partial charge in [-0.1, -0.05) is 44.0 Å². The zero-order chi connectivity index (χ0) is 17.7. The van der Waals surface area contributed by atoms with Crippen molar-refractivity contribution < 1.29 is 17.9 Å². The first-order valence-electron chi connectivity index (χ1n) is 7.81. The van der Waals surface area contributed by atoms with Crippen LogP contribution in [0.5, 0.6) is 0 Å². The van der Waals surface area contributed by atoms with Gasteiger partial charge in [0, 0.05) is 0 Å². The number of hydrogen-bond donors (Lipinski definition) is 1. The van der Waals surface area contributed by atoms with E-state index in [1.165, 1.54) is 22.7 Å². The average molecular weight is 372 g/mol. The van der Waals surface area contributed by atoms with Gasteiger partial charge >= 0.3 is 0 Å². The van der Waals surface area contributed by atoms with Crippen LogP contribution in [0.3, 0.4) is 0 Å². The molecule has 1 aromatic carbocycles. The van der Waals surface area contributed by atoms with Crippen molar-refractivity contribution >= 4 is 21.6 Å². The van der Waals surface area contributed by atoms with Crippen LogP contribution in [0.25, 0.3) is 0 Å². The lowest BCUT2D eigenvalue weighted by atomic mass is 10.00. The summed E-state index contributed by atoms with van der Waals surface area (Å²) in [6, 6.07) is 9.15. The first kappa shape index (κ1) is 19.0. The maximum absolute atomic E-state index is 13.2.